The molecular formula is C28H35N3. The van der Waals surface area contributed by atoms with Gasteiger partial charge in [0, 0.05) is 12.5 Å². The zero-order chi connectivity index (χ0) is 20.9. The van der Waals surface area contributed by atoms with E-state index in [1.54, 1.807) is 0 Å². The van der Waals surface area contributed by atoms with Crippen LogP contribution in [0.2, 0.25) is 0 Å². The zero-order valence-electron chi connectivity index (χ0n) is 18.6. The topological polar surface area (TPSA) is 18.8 Å². The number of allylic oxidation sites excluding steroid dienone is 1. The highest BCUT2D eigenvalue weighted by molar-refractivity contribution is 6.07. The first-order chi connectivity index (χ1) is 15.4. The van der Waals surface area contributed by atoms with Crippen molar-refractivity contribution < 1.29 is 0 Å². The Bertz CT molecular complexity index is 896. The second-order valence-corrected chi connectivity index (χ2v) is 9.34. The van der Waals surface area contributed by atoms with Gasteiger partial charge in [0.05, 0.1) is 11.8 Å². The minimum absolute atomic E-state index is 0.386. The lowest BCUT2D eigenvalue weighted by molar-refractivity contribution is 0.170. The second-order valence-electron chi connectivity index (χ2n) is 9.34. The summed E-state index contributed by atoms with van der Waals surface area (Å²) >= 11 is 0. The van der Waals surface area contributed by atoms with Crippen LogP contribution < -0.4 is 0 Å². The van der Waals surface area contributed by atoms with Crippen LogP contribution in [-0.4, -0.2) is 41.8 Å². The Morgan fingerprint density at radius 3 is 2.35 bits per heavy atom. The van der Waals surface area contributed by atoms with Gasteiger partial charge in [0.25, 0.3) is 0 Å². The molecular weight excluding hydrogens is 378 g/mol. The zero-order valence-corrected chi connectivity index (χ0v) is 18.6. The fraction of sp³-hybridized carbons (Fsp3) is 0.464. The summed E-state index contributed by atoms with van der Waals surface area (Å²) in [6, 6.07) is 22.2. The van der Waals surface area contributed by atoms with Crippen molar-refractivity contribution in [3.05, 3.63) is 77.4 Å². The molecule has 2 heterocycles. The third kappa shape index (κ3) is 4.77. The first-order valence-corrected chi connectivity index (χ1v) is 12.3. The minimum atomic E-state index is 0.386. The van der Waals surface area contributed by atoms with Crippen LogP contribution >= 0.6 is 0 Å². The molecule has 0 aromatic heterocycles. The molecule has 0 amide bonds. The van der Waals surface area contributed by atoms with E-state index >= 15 is 0 Å². The van der Waals surface area contributed by atoms with Gasteiger partial charge in [-0.05, 0) is 80.9 Å². The van der Waals surface area contributed by atoms with E-state index in [9.17, 15) is 0 Å². The van der Waals surface area contributed by atoms with Crippen molar-refractivity contribution >= 4 is 11.8 Å². The number of rotatable bonds is 6. The molecule has 3 heteroatoms. The summed E-state index contributed by atoms with van der Waals surface area (Å²) in [6.07, 6.45) is 11.4. The minimum Gasteiger partial charge on any atom is -0.303 e. The molecule has 2 aromatic carbocycles. The van der Waals surface area contributed by atoms with Gasteiger partial charge in [-0.3, -0.25) is 5.01 Å². The van der Waals surface area contributed by atoms with Crippen LogP contribution in [0.3, 0.4) is 0 Å². The summed E-state index contributed by atoms with van der Waals surface area (Å²) in [4.78, 5) is 2.65. The number of benzene rings is 2. The summed E-state index contributed by atoms with van der Waals surface area (Å²) < 4.78 is 0. The van der Waals surface area contributed by atoms with E-state index in [0.717, 1.165) is 13.0 Å². The van der Waals surface area contributed by atoms with Gasteiger partial charge in [0.2, 0.25) is 0 Å². The van der Waals surface area contributed by atoms with E-state index in [4.69, 9.17) is 5.10 Å². The lowest BCUT2D eigenvalue weighted by Gasteiger charge is -2.31. The molecule has 3 nitrogen and oxygen atoms in total. The van der Waals surface area contributed by atoms with Crippen LogP contribution in [0.5, 0.6) is 0 Å². The molecule has 3 aliphatic rings. The third-order valence-corrected chi connectivity index (χ3v) is 7.17. The van der Waals surface area contributed by atoms with Gasteiger partial charge in [0.15, 0.2) is 0 Å². The Morgan fingerprint density at radius 2 is 1.58 bits per heavy atom. The van der Waals surface area contributed by atoms with Crippen molar-refractivity contribution in [1.29, 1.82) is 0 Å². The van der Waals surface area contributed by atoms with Crippen LogP contribution in [0, 0.1) is 5.92 Å². The van der Waals surface area contributed by atoms with E-state index in [1.165, 1.54) is 80.6 Å². The van der Waals surface area contributed by atoms with E-state index in [2.05, 4.69) is 76.6 Å². The molecule has 0 N–H and O–H groups in total. The van der Waals surface area contributed by atoms with Gasteiger partial charge < -0.3 is 4.90 Å². The number of hydrazone groups is 1. The molecule has 2 aliphatic heterocycles. The van der Waals surface area contributed by atoms with Gasteiger partial charge in [-0.1, -0.05) is 67.1 Å². The molecule has 0 bridgehead atoms. The van der Waals surface area contributed by atoms with Crippen molar-refractivity contribution in [2.45, 2.75) is 51.0 Å². The smallest absolute Gasteiger partial charge is 0.0804 e. The summed E-state index contributed by atoms with van der Waals surface area (Å²) in [6.45, 7) is 4.82. The van der Waals surface area contributed by atoms with Crippen LogP contribution in [0.15, 0.2) is 71.3 Å². The maximum absolute atomic E-state index is 5.29. The molecule has 2 aromatic rings. The summed E-state index contributed by atoms with van der Waals surface area (Å²) in [5, 5.41) is 7.73. The Morgan fingerprint density at radius 1 is 0.839 bits per heavy atom. The number of piperidine rings is 1. The molecule has 5 rings (SSSR count). The van der Waals surface area contributed by atoms with Gasteiger partial charge in [-0.2, -0.15) is 5.10 Å². The summed E-state index contributed by atoms with van der Waals surface area (Å²) in [5.41, 5.74) is 5.51. The van der Waals surface area contributed by atoms with Crippen LogP contribution in [0.25, 0.3) is 6.08 Å². The number of hydrogen-bond donors (Lipinski definition) is 0. The molecule has 2 atom stereocenters. The molecule has 0 radical (unpaired) electrons. The Hall–Kier alpha value is -2.39. The molecule has 1 saturated carbocycles. The molecule has 2 unspecified atom stereocenters. The Balaban J connectivity index is 1.37. The number of fused-ring (bicyclic) bond motifs is 1. The quantitative estimate of drug-likeness (QED) is 0.565. The highest BCUT2D eigenvalue weighted by Gasteiger charge is 2.40. The van der Waals surface area contributed by atoms with Crippen molar-refractivity contribution in [3.63, 3.8) is 0 Å². The monoisotopic (exact) mass is 413 g/mol. The lowest BCUT2D eigenvalue weighted by atomic mass is 9.77. The number of likely N-dealkylation sites (tertiary alicyclic amines) is 1. The summed E-state index contributed by atoms with van der Waals surface area (Å²) in [5.74, 6) is 0.515. The fourth-order valence-corrected chi connectivity index (χ4v) is 5.65. The second kappa shape index (κ2) is 9.82. The van der Waals surface area contributed by atoms with E-state index in [0.29, 0.717) is 12.0 Å². The van der Waals surface area contributed by atoms with Gasteiger partial charge >= 0.3 is 0 Å². The average molecular weight is 414 g/mol. The Labute approximate surface area is 187 Å². The largest absolute Gasteiger partial charge is 0.303 e. The van der Waals surface area contributed by atoms with E-state index in [-0.39, 0.29) is 0 Å². The average Bonchev–Trinajstić information content (AvgIpc) is 3.20. The number of nitrogens with zero attached hydrogens (tertiary/aromatic N) is 3. The molecule has 0 spiro atoms. The van der Waals surface area contributed by atoms with Crippen molar-refractivity contribution in [1.82, 2.24) is 9.91 Å². The first-order valence-electron chi connectivity index (χ1n) is 12.3. The molecule has 31 heavy (non-hydrogen) atoms. The standard InChI is InChI=1S/C28H35N3/c1-4-12-23(13-5-1)22-25-16-10-17-26-27(25)29-31(28(26)24-14-6-2-7-15-24)21-11-20-30-18-8-3-9-19-30/h1-2,4-7,12-15,22,26,28H,3,8-11,16-21H2/b25-22-. The van der Waals surface area contributed by atoms with Gasteiger partial charge in [0.1, 0.15) is 0 Å². The van der Waals surface area contributed by atoms with Crippen molar-refractivity contribution in [2.75, 3.05) is 26.2 Å². The molecule has 162 valence electrons. The molecule has 1 aliphatic carbocycles. The van der Waals surface area contributed by atoms with E-state index < -0.39 is 0 Å². The maximum atomic E-state index is 5.29. The highest BCUT2D eigenvalue weighted by atomic mass is 15.5. The molecule has 2 fully saturated rings. The van der Waals surface area contributed by atoms with Crippen LogP contribution in [0.1, 0.15) is 62.1 Å². The van der Waals surface area contributed by atoms with E-state index in [1.807, 2.05) is 0 Å². The number of hydrogen-bond acceptors (Lipinski definition) is 3. The predicted molar refractivity (Wildman–Crippen MR) is 130 cm³/mol. The molecule has 1 saturated heterocycles. The summed E-state index contributed by atoms with van der Waals surface area (Å²) in [7, 11) is 0. The normalized spacial score (nSPS) is 25.5. The first kappa shape index (κ1) is 20.5. The lowest BCUT2D eigenvalue weighted by Crippen LogP contribution is -2.33. The SMILES string of the molecule is C(=C1\CCCC2C1=NN(CCCN1CCCCC1)C2c1ccccc1)/c1ccccc1. The van der Waals surface area contributed by atoms with Crippen LogP contribution in [0.4, 0.5) is 0 Å². The van der Waals surface area contributed by atoms with Crippen molar-refractivity contribution in [3.8, 4) is 0 Å². The van der Waals surface area contributed by atoms with Gasteiger partial charge in [-0.15, -0.1) is 0 Å². The maximum Gasteiger partial charge on any atom is 0.0804 e. The highest BCUT2D eigenvalue weighted by Crippen LogP contribution is 2.44. The van der Waals surface area contributed by atoms with Gasteiger partial charge in [-0.25, -0.2) is 0 Å². The predicted octanol–water partition coefficient (Wildman–Crippen LogP) is 6.16. The van der Waals surface area contributed by atoms with Crippen molar-refractivity contribution in [2.24, 2.45) is 11.0 Å². The third-order valence-electron chi connectivity index (χ3n) is 7.17. The fourth-order valence-electron chi connectivity index (χ4n) is 5.65. The Kier molecular flexibility index (Phi) is 6.50. The van der Waals surface area contributed by atoms with Crippen LogP contribution in [-0.2, 0) is 0 Å².